The van der Waals surface area contributed by atoms with E-state index in [0.717, 1.165) is 22.8 Å². The predicted molar refractivity (Wildman–Crippen MR) is 116 cm³/mol. The van der Waals surface area contributed by atoms with Crippen LogP contribution in [-0.4, -0.2) is 5.90 Å². The zero-order valence-electron chi connectivity index (χ0n) is 16.5. The molecular weight excluding hydrogens is 346 g/mol. The number of para-hydroxylation sites is 2. The van der Waals surface area contributed by atoms with Crippen LogP contribution >= 0.6 is 0 Å². The molecule has 0 aliphatic rings. The lowest BCUT2D eigenvalue weighted by molar-refractivity contribution is 0.473. The number of rotatable bonds is 6. The average molecular weight is 371 g/mol. The maximum Gasteiger partial charge on any atom is 0.225 e. The van der Waals surface area contributed by atoms with Crippen LogP contribution in [0.2, 0.25) is 0 Å². The number of nitrogens with zero attached hydrogens (tertiary/aromatic N) is 1. The van der Waals surface area contributed by atoms with Crippen molar-refractivity contribution in [3.63, 3.8) is 0 Å². The largest absolute Gasteiger partial charge is 0.465 e. The van der Waals surface area contributed by atoms with E-state index >= 15 is 0 Å². The molecule has 3 aromatic rings. The molecule has 0 amide bonds. The summed E-state index contributed by atoms with van der Waals surface area (Å²) in [5.74, 6) is 2.48. The fraction of sp³-hybridized carbons (Fsp3) is 0.160. The van der Waals surface area contributed by atoms with Crippen molar-refractivity contribution >= 4 is 11.6 Å². The first-order valence-corrected chi connectivity index (χ1v) is 9.42. The Morgan fingerprint density at radius 1 is 0.786 bits per heavy atom. The standard InChI is InChI=1S/C25H25NO2/c1-19(2)21-14-16-22(17-15-21)26-25(28-24-12-8-5-9-13-24)20(3)18-27-23-10-6-4-7-11-23/h4-19H,1-3H3. The number of hydrogen-bond acceptors (Lipinski definition) is 3. The SMILES string of the molecule is CC(=COc1ccccc1)C(=Nc1ccc(C(C)C)cc1)Oc1ccccc1. The van der Waals surface area contributed by atoms with E-state index in [4.69, 9.17) is 14.5 Å². The lowest BCUT2D eigenvalue weighted by Crippen LogP contribution is -2.10. The second-order valence-corrected chi connectivity index (χ2v) is 6.81. The molecule has 3 heteroatoms. The Morgan fingerprint density at radius 3 is 1.93 bits per heavy atom. The molecule has 0 radical (unpaired) electrons. The molecule has 0 N–H and O–H groups in total. The van der Waals surface area contributed by atoms with Crippen molar-refractivity contribution in [2.75, 3.05) is 0 Å². The van der Waals surface area contributed by atoms with Crippen molar-refractivity contribution in [3.8, 4) is 11.5 Å². The van der Waals surface area contributed by atoms with Gasteiger partial charge in [0.15, 0.2) is 0 Å². The fourth-order valence-corrected chi connectivity index (χ4v) is 2.55. The van der Waals surface area contributed by atoms with Crippen LogP contribution in [0, 0.1) is 0 Å². The van der Waals surface area contributed by atoms with Crippen LogP contribution in [0.25, 0.3) is 0 Å². The minimum absolute atomic E-state index is 0.485. The predicted octanol–water partition coefficient (Wildman–Crippen LogP) is 6.90. The molecule has 0 unspecified atom stereocenters. The molecule has 3 nitrogen and oxygen atoms in total. The van der Waals surface area contributed by atoms with Gasteiger partial charge in [-0.15, -0.1) is 0 Å². The maximum absolute atomic E-state index is 6.05. The van der Waals surface area contributed by atoms with Crippen LogP contribution in [-0.2, 0) is 0 Å². The summed E-state index contributed by atoms with van der Waals surface area (Å²) >= 11 is 0. The van der Waals surface area contributed by atoms with Gasteiger partial charge >= 0.3 is 0 Å². The molecule has 0 spiro atoms. The maximum atomic E-state index is 6.05. The minimum atomic E-state index is 0.485. The Hall–Kier alpha value is -3.33. The highest BCUT2D eigenvalue weighted by Gasteiger charge is 2.08. The number of benzene rings is 3. The van der Waals surface area contributed by atoms with Gasteiger partial charge in [-0.25, -0.2) is 4.99 Å². The van der Waals surface area contributed by atoms with Gasteiger partial charge in [-0.05, 0) is 54.8 Å². The van der Waals surface area contributed by atoms with Gasteiger partial charge in [-0.1, -0.05) is 62.4 Å². The highest BCUT2D eigenvalue weighted by Crippen LogP contribution is 2.21. The number of aliphatic imine (C=N–C) groups is 1. The molecule has 0 heterocycles. The Balaban J connectivity index is 1.87. The van der Waals surface area contributed by atoms with E-state index in [0.29, 0.717) is 11.8 Å². The van der Waals surface area contributed by atoms with Crippen LogP contribution in [0.4, 0.5) is 5.69 Å². The smallest absolute Gasteiger partial charge is 0.225 e. The van der Waals surface area contributed by atoms with Crippen LogP contribution in [0.15, 0.2) is 102 Å². The normalized spacial score (nSPS) is 12.1. The van der Waals surface area contributed by atoms with Crippen molar-refractivity contribution < 1.29 is 9.47 Å². The molecular formula is C25H25NO2. The van der Waals surface area contributed by atoms with Crippen molar-refractivity contribution in [2.24, 2.45) is 4.99 Å². The van der Waals surface area contributed by atoms with E-state index in [-0.39, 0.29) is 0 Å². The molecule has 0 aromatic heterocycles. The lowest BCUT2D eigenvalue weighted by atomic mass is 10.0. The number of hydrogen-bond donors (Lipinski definition) is 0. The minimum Gasteiger partial charge on any atom is -0.465 e. The summed E-state index contributed by atoms with van der Waals surface area (Å²) in [5, 5.41) is 0. The molecule has 0 saturated carbocycles. The quantitative estimate of drug-likeness (QED) is 0.268. The van der Waals surface area contributed by atoms with Crippen molar-refractivity contribution in [1.82, 2.24) is 0 Å². The first-order chi connectivity index (χ1) is 13.6. The monoisotopic (exact) mass is 371 g/mol. The Labute approximate surface area is 167 Å². The molecule has 0 bridgehead atoms. The third-order valence-electron chi connectivity index (χ3n) is 4.20. The van der Waals surface area contributed by atoms with Gasteiger partial charge in [0, 0.05) is 5.57 Å². The molecule has 142 valence electrons. The van der Waals surface area contributed by atoms with Crippen molar-refractivity contribution in [1.29, 1.82) is 0 Å². The first kappa shape index (κ1) is 19.4. The summed E-state index contributed by atoms with van der Waals surface area (Å²) in [6, 6.07) is 27.5. The van der Waals surface area contributed by atoms with Crippen LogP contribution < -0.4 is 9.47 Å². The van der Waals surface area contributed by atoms with Crippen LogP contribution in [0.3, 0.4) is 0 Å². The Bertz CT molecular complexity index is 927. The van der Waals surface area contributed by atoms with E-state index in [9.17, 15) is 0 Å². The fourth-order valence-electron chi connectivity index (χ4n) is 2.55. The zero-order chi connectivity index (χ0) is 19.8. The third-order valence-corrected chi connectivity index (χ3v) is 4.20. The van der Waals surface area contributed by atoms with E-state index in [2.05, 4.69) is 26.0 Å². The molecule has 0 aliphatic heterocycles. The third kappa shape index (κ3) is 5.58. The number of ether oxygens (including phenoxy) is 2. The molecule has 0 atom stereocenters. The van der Waals surface area contributed by atoms with Gasteiger partial charge in [0.05, 0.1) is 11.9 Å². The van der Waals surface area contributed by atoms with E-state index in [1.54, 1.807) is 6.26 Å². The van der Waals surface area contributed by atoms with Crippen molar-refractivity contribution in [2.45, 2.75) is 26.7 Å². The summed E-state index contributed by atoms with van der Waals surface area (Å²) in [5.41, 5.74) is 2.91. The zero-order valence-corrected chi connectivity index (χ0v) is 16.5. The Kier molecular flexibility index (Phi) is 6.64. The summed E-state index contributed by atoms with van der Waals surface area (Å²) < 4.78 is 11.8. The van der Waals surface area contributed by atoms with Gasteiger partial charge in [-0.3, -0.25) is 0 Å². The van der Waals surface area contributed by atoms with Gasteiger partial charge < -0.3 is 9.47 Å². The van der Waals surface area contributed by atoms with Crippen molar-refractivity contribution in [3.05, 3.63) is 102 Å². The van der Waals surface area contributed by atoms with Crippen LogP contribution in [0.5, 0.6) is 11.5 Å². The van der Waals surface area contributed by atoms with E-state index < -0.39 is 0 Å². The highest BCUT2D eigenvalue weighted by atomic mass is 16.5. The summed E-state index contributed by atoms with van der Waals surface area (Å²) in [6.07, 6.45) is 1.67. The van der Waals surface area contributed by atoms with E-state index in [1.165, 1.54) is 5.56 Å². The summed E-state index contributed by atoms with van der Waals surface area (Å²) in [7, 11) is 0. The topological polar surface area (TPSA) is 30.8 Å². The molecule has 28 heavy (non-hydrogen) atoms. The Morgan fingerprint density at radius 2 is 1.36 bits per heavy atom. The van der Waals surface area contributed by atoms with Gasteiger partial charge in [-0.2, -0.15) is 0 Å². The second kappa shape index (κ2) is 9.56. The summed E-state index contributed by atoms with van der Waals surface area (Å²) in [4.78, 5) is 4.71. The summed E-state index contributed by atoms with van der Waals surface area (Å²) in [6.45, 7) is 6.28. The van der Waals surface area contributed by atoms with Gasteiger partial charge in [0.25, 0.3) is 0 Å². The van der Waals surface area contributed by atoms with E-state index in [1.807, 2.05) is 79.7 Å². The molecule has 0 fully saturated rings. The highest BCUT2D eigenvalue weighted by molar-refractivity contribution is 5.96. The lowest BCUT2D eigenvalue weighted by Gasteiger charge is -2.11. The molecule has 0 saturated heterocycles. The molecule has 3 aromatic carbocycles. The first-order valence-electron chi connectivity index (χ1n) is 9.42. The second-order valence-electron chi connectivity index (χ2n) is 6.81. The van der Waals surface area contributed by atoms with Gasteiger partial charge in [0.2, 0.25) is 5.90 Å². The molecule has 0 aliphatic carbocycles. The molecule has 3 rings (SSSR count). The van der Waals surface area contributed by atoms with Gasteiger partial charge in [0.1, 0.15) is 11.5 Å². The average Bonchev–Trinajstić information content (AvgIpc) is 2.73. The van der Waals surface area contributed by atoms with Crippen LogP contribution in [0.1, 0.15) is 32.3 Å².